The van der Waals surface area contributed by atoms with E-state index in [4.69, 9.17) is 10.3 Å². The summed E-state index contributed by atoms with van der Waals surface area (Å²) in [6.07, 6.45) is 3.80. The van der Waals surface area contributed by atoms with Crippen molar-refractivity contribution in [3.63, 3.8) is 0 Å². The Labute approximate surface area is 142 Å². The van der Waals surface area contributed by atoms with Gasteiger partial charge in [0.1, 0.15) is 0 Å². The van der Waals surface area contributed by atoms with Crippen molar-refractivity contribution in [3.05, 3.63) is 81.2 Å². The van der Waals surface area contributed by atoms with Crippen molar-refractivity contribution in [2.45, 2.75) is 43.7 Å². The van der Waals surface area contributed by atoms with Crippen LogP contribution in [-0.2, 0) is 17.6 Å². The molecule has 24 heavy (non-hydrogen) atoms. The summed E-state index contributed by atoms with van der Waals surface area (Å²) in [7, 11) is 0. The molecule has 0 aromatic heterocycles. The molecule has 0 unspecified atom stereocenters. The molecule has 4 heteroatoms. The van der Waals surface area contributed by atoms with Gasteiger partial charge in [0.2, 0.25) is 0 Å². The second-order valence-corrected chi connectivity index (χ2v) is 6.67. The van der Waals surface area contributed by atoms with Crippen LogP contribution in [0.15, 0.2) is 53.6 Å². The predicted molar refractivity (Wildman–Crippen MR) is 94.0 cm³/mol. The highest BCUT2D eigenvalue weighted by Gasteiger charge is 2.34. The lowest BCUT2D eigenvalue weighted by molar-refractivity contribution is -0.00143. The van der Waals surface area contributed by atoms with E-state index in [0.717, 1.165) is 25.7 Å². The largest absolute Gasteiger partial charge is 0.377 e. The van der Waals surface area contributed by atoms with E-state index in [1.165, 1.54) is 22.3 Å². The molecule has 1 fully saturated rings. The van der Waals surface area contributed by atoms with Gasteiger partial charge in [-0.25, -0.2) is 0 Å². The van der Waals surface area contributed by atoms with Crippen molar-refractivity contribution in [2.24, 2.45) is 5.11 Å². The molecule has 0 radical (unpaired) electrons. The van der Waals surface area contributed by atoms with E-state index < -0.39 is 0 Å². The molecule has 1 aliphatic heterocycles. The standard InChI is InChI=1S/C20H21N3O/c21-23-22-16-11-12-24-19(13-16)20-17-7-3-1-5-14(17)9-10-15-6-2-4-8-18(15)20/h1-8,16,19-20H,9-13H2/t16-,19-/m1/s1. The van der Waals surface area contributed by atoms with E-state index in [9.17, 15) is 0 Å². The van der Waals surface area contributed by atoms with E-state index in [0.29, 0.717) is 6.61 Å². The van der Waals surface area contributed by atoms with E-state index in [-0.39, 0.29) is 18.1 Å². The summed E-state index contributed by atoms with van der Waals surface area (Å²) in [6, 6.07) is 17.5. The maximum absolute atomic E-state index is 8.79. The van der Waals surface area contributed by atoms with Crippen molar-refractivity contribution in [2.75, 3.05) is 6.61 Å². The number of hydrogen-bond acceptors (Lipinski definition) is 2. The second-order valence-electron chi connectivity index (χ2n) is 6.67. The number of hydrogen-bond donors (Lipinski definition) is 0. The Morgan fingerprint density at radius 2 is 1.58 bits per heavy atom. The van der Waals surface area contributed by atoms with Crippen molar-refractivity contribution in [1.82, 2.24) is 0 Å². The number of ether oxygens (including phenoxy) is 1. The quantitative estimate of drug-likeness (QED) is 0.446. The average Bonchev–Trinajstić information content (AvgIpc) is 2.79. The van der Waals surface area contributed by atoms with Gasteiger partial charge in [0.15, 0.2) is 0 Å². The molecule has 2 aromatic carbocycles. The first-order valence-electron chi connectivity index (χ1n) is 8.68. The summed E-state index contributed by atoms with van der Waals surface area (Å²) >= 11 is 0. The lowest BCUT2D eigenvalue weighted by Crippen LogP contribution is -2.33. The van der Waals surface area contributed by atoms with Gasteiger partial charge in [0.25, 0.3) is 0 Å². The SMILES string of the molecule is [N-]=[N+]=N[C@@H]1CCO[C@@H](C2c3ccccc3CCc3ccccc32)C1. The zero-order valence-corrected chi connectivity index (χ0v) is 13.6. The molecule has 0 spiro atoms. The van der Waals surface area contributed by atoms with Crippen molar-refractivity contribution >= 4 is 0 Å². The van der Waals surface area contributed by atoms with Crippen molar-refractivity contribution < 1.29 is 4.74 Å². The fraction of sp³-hybridized carbons (Fsp3) is 0.400. The zero-order chi connectivity index (χ0) is 16.4. The number of benzene rings is 2. The van der Waals surface area contributed by atoms with E-state index in [2.05, 4.69) is 58.6 Å². The van der Waals surface area contributed by atoms with E-state index in [1.807, 2.05) is 0 Å². The fourth-order valence-corrected chi connectivity index (χ4v) is 4.19. The summed E-state index contributed by atoms with van der Waals surface area (Å²) < 4.78 is 6.18. The molecule has 1 heterocycles. The molecule has 1 aliphatic carbocycles. The Balaban J connectivity index is 1.79. The molecule has 1 saturated heterocycles. The highest BCUT2D eigenvalue weighted by atomic mass is 16.5. The minimum atomic E-state index is 0.0383. The summed E-state index contributed by atoms with van der Waals surface area (Å²) in [5.74, 6) is 0.219. The molecular weight excluding hydrogens is 298 g/mol. The van der Waals surface area contributed by atoms with Gasteiger partial charge < -0.3 is 4.74 Å². The summed E-state index contributed by atoms with van der Waals surface area (Å²) in [5.41, 5.74) is 14.4. The molecule has 0 bridgehead atoms. The van der Waals surface area contributed by atoms with E-state index >= 15 is 0 Å². The summed E-state index contributed by atoms with van der Waals surface area (Å²) in [5, 5.41) is 3.96. The molecule has 122 valence electrons. The van der Waals surface area contributed by atoms with Crippen LogP contribution < -0.4 is 0 Å². The van der Waals surface area contributed by atoms with Crippen LogP contribution in [0.25, 0.3) is 10.4 Å². The van der Waals surface area contributed by atoms with Crippen LogP contribution in [0.3, 0.4) is 0 Å². The monoisotopic (exact) mass is 319 g/mol. The van der Waals surface area contributed by atoms with Crippen molar-refractivity contribution in [1.29, 1.82) is 0 Å². The third kappa shape index (κ3) is 2.79. The van der Waals surface area contributed by atoms with Crippen LogP contribution in [0.1, 0.15) is 41.0 Å². The summed E-state index contributed by atoms with van der Waals surface area (Å²) in [4.78, 5) is 3.02. The Kier molecular flexibility index (Phi) is 4.24. The predicted octanol–water partition coefficient (Wildman–Crippen LogP) is 4.78. The molecule has 2 aromatic rings. The highest BCUT2D eigenvalue weighted by Crippen LogP contribution is 2.40. The van der Waals surface area contributed by atoms with Crippen LogP contribution in [0, 0.1) is 0 Å². The van der Waals surface area contributed by atoms with Gasteiger partial charge in [0.05, 0.1) is 6.10 Å². The zero-order valence-electron chi connectivity index (χ0n) is 13.6. The second kappa shape index (κ2) is 6.68. The molecular formula is C20H21N3O. The fourth-order valence-electron chi connectivity index (χ4n) is 4.19. The average molecular weight is 319 g/mol. The van der Waals surface area contributed by atoms with Gasteiger partial charge in [-0.15, -0.1) is 0 Å². The maximum atomic E-state index is 8.79. The molecule has 4 nitrogen and oxygen atoms in total. The number of azide groups is 1. The smallest absolute Gasteiger partial charge is 0.0688 e. The maximum Gasteiger partial charge on any atom is 0.0688 e. The number of aryl methyl sites for hydroxylation is 2. The Hall–Kier alpha value is -2.29. The molecule has 2 atom stereocenters. The number of fused-ring (bicyclic) bond motifs is 2. The first-order valence-corrected chi connectivity index (χ1v) is 8.68. The first-order chi connectivity index (χ1) is 11.9. The summed E-state index contributed by atoms with van der Waals surface area (Å²) in [6.45, 7) is 0.662. The van der Waals surface area contributed by atoms with Crippen LogP contribution in [0.4, 0.5) is 0 Å². The Bertz CT molecular complexity index is 734. The lowest BCUT2D eigenvalue weighted by Gasteiger charge is -2.34. The van der Waals surface area contributed by atoms with Crippen LogP contribution in [-0.4, -0.2) is 18.8 Å². The third-order valence-corrected chi connectivity index (χ3v) is 5.32. The minimum absolute atomic E-state index is 0.0383. The van der Waals surface area contributed by atoms with Crippen LogP contribution in [0.5, 0.6) is 0 Å². The van der Waals surface area contributed by atoms with Gasteiger partial charge in [-0.05, 0) is 53.5 Å². The molecule has 0 saturated carbocycles. The van der Waals surface area contributed by atoms with Crippen LogP contribution in [0.2, 0.25) is 0 Å². The van der Waals surface area contributed by atoms with Gasteiger partial charge in [0, 0.05) is 23.5 Å². The Morgan fingerprint density at radius 3 is 2.21 bits per heavy atom. The van der Waals surface area contributed by atoms with Gasteiger partial charge in [-0.1, -0.05) is 53.6 Å². The molecule has 0 N–H and O–H groups in total. The van der Waals surface area contributed by atoms with Gasteiger partial charge in [-0.3, -0.25) is 0 Å². The molecule has 4 rings (SSSR count). The number of nitrogens with zero attached hydrogens (tertiary/aromatic N) is 3. The Morgan fingerprint density at radius 1 is 0.958 bits per heavy atom. The minimum Gasteiger partial charge on any atom is -0.377 e. The van der Waals surface area contributed by atoms with Crippen LogP contribution >= 0.6 is 0 Å². The lowest BCUT2D eigenvalue weighted by atomic mass is 9.80. The highest BCUT2D eigenvalue weighted by molar-refractivity contribution is 5.46. The molecule has 0 amide bonds. The molecule has 2 aliphatic rings. The first kappa shape index (κ1) is 15.3. The van der Waals surface area contributed by atoms with Gasteiger partial charge >= 0.3 is 0 Å². The topological polar surface area (TPSA) is 58.0 Å². The third-order valence-electron chi connectivity index (χ3n) is 5.32. The van der Waals surface area contributed by atoms with Crippen molar-refractivity contribution in [3.8, 4) is 0 Å². The van der Waals surface area contributed by atoms with Gasteiger partial charge in [-0.2, -0.15) is 0 Å². The normalized spacial score (nSPS) is 23.5. The van der Waals surface area contributed by atoms with E-state index in [1.54, 1.807) is 0 Å². The number of rotatable bonds is 2.